The maximum absolute atomic E-state index is 14.2. The molecule has 5 rings (SSSR count). The fraction of sp³-hybridized carbons (Fsp3) is 0.310. The van der Waals surface area contributed by atoms with Crippen LogP contribution in [0.25, 0.3) is 11.5 Å². The normalized spacial score (nSPS) is 14.7. The monoisotopic (exact) mass is 550 g/mol. The number of rotatable bonds is 7. The van der Waals surface area contributed by atoms with Crippen LogP contribution < -0.4 is 15.9 Å². The molecule has 0 aliphatic heterocycles. The van der Waals surface area contributed by atoms with Crippen molar-refractivity contribution in [1.29, 1.82) is 0 Å². The van der Waals surface area contributed by atoms with Gasteiger partial charge in [-0.2, -0.15) is 0 Å². The number of halogens is 2. The van der Waals surface area contributed by atoms with Gasteiger partial charge in [-0.1, -0.05) is 11.6 Å². The third-order valence-electron chi connectivity index (χ3n) is 7.13. The molecule has 0 bridgehead atoms. The zero-order valence-electron chi connectivity index (χ0n) is 22.0. The Hall–Kier alpha value is -3.82. The van der Waals surface area contributed by atoms with Crippen molar-refractivity contribution in [3.63, 3.8) is 0 Å². The van der Waals surface area contributed by atoms with Crippen molar-refractivity contribution in [1.82, 2.24) is 19.1 Å². The van der Waals surface area contributed by atoms with E-state index in [9.17, 15) is 19.1 Å². The molecule has 1 atom stereocenters. The van der Waals surface area contributed by atoms with Crippen LogP contribution in [0.5, 0.6) is 5.75 Å². The number of pyridine rings is 4. The highest BCUT2D eigenvalue weighted by atomic mass is 35.5. The summed E-state index contributed by atoms with van der Waals surface area (Å²) in [6.07, 6.45) is 6.41. The first-order valence-electron chi connectivity index (χ1n) is 12.6. The largest absolute Gasteiger partial charge is 0.485 e. The van der Waals surface area contributed by atoms with Crippen LogP contribution >= 0.6 is 11.6 Å². The third-order valence-corrected chi connectivity index (χ3v) is 7.48. The van der Waals surface area contributed by atoms with E-state index >= 15 is 0 Å². The molecule has 0 amide bonds. The molecule has 4 aromatic heterocycles. The molecule has 1 aliphatic carbocycles. The Kier molecular flexibility index (Phi) is 6.90. The molecule has 39 heavy (non-hydrogen) atoms. The lowest BCUT2D eigenvalue weighted by Gasteiger charge is -2.23. The van der Waals surface area contributed by atoms with Crippen LogP contribution in [-0.2, 0) is 12.2 Å². The van der Waals surface area contributed by atoms with Crippen LogP contribution in [0.1, 0.15) is 47.8 Å². The Bertz CT molecular complexity index is 1710. The maximum atomic E-state index is 14.2. The van der Waals surface area contributed by atoms with Gasteiger partial charge in [-0.05, 0) is 75.8 Å². The molecule has 0 spiro atoms. The molecule has 1 saturated carbocycles. The van der Waals surface area contributed by atoms with Crippen LogP contribution in [0.4, 0.5) is 4.39 Å². The summed E-state index contributed by atoms with van der Waals surface area (Å²) in [5.41, 5.74) is 0.595. The topological polar surface area (TPSA) is 99.2 Å². The van der Waals surface area contributed by atoms with Crippen molar-refractivity contribution < 1.29 is 14.2 Å². The van der Waals surface area contributed by atoms with Gasteiger partial charge in [0.1, 0.15) is 34.7 Å². The molecule has 10 heteroatoms. The Morgan fingerprint density at radius 2 is 1.87 bits per heavy atom. The van der Waals surface area contributed by atoms with Crippen LogP contribution in [0.15, 0.2) is 58.5 Å². The molecule has 0 saturated heterocycles. The van der Waals surface area contributed by atoms with Gasteiger partial charge in [-0.3, -0.25) is 23.7 Å². The number of aryl methyl sites for hydroxylation is 3. The Morgan fingerprint density at radius 3 is 2.56 bits per heavy atom. The highest BCUT2D eigenvalue weighted by molar-refractivity contribution is 6.31. The van der Waals surface area contributed by atoms with Gasteiger partial charge in [0.15, 0.2) is 0 Å². The SMILES string of the molecule is Cc1cnc(COc2cc(C)n(-c3cc(-n4cccc(C(C)(O)C5CC5)c4=O)ncc3C)c(=O)c2Cl)c(F)c1. The van der Waals surface area contributed by atoms with Gasteiger partial charge < -0.3 is 9.84 Å². The number of aromatic nitrogens is 4. The van der Waals surface area contributed by atoms with Crippen molar-refractivity contribution in [2.24, 2.45) is 5.92 Å². The summed E-state index contributed by atoms with van der Waals surface area (Å²) in [4.78, 5) is 35.2. The van der Waals surface area contributed by atoms with Gasteiger partial charge in [0.05, 0.1) is 11.3 Å². The average Bonchev–Trinajstić information content (AvgIpc) is 3.74. The molecule has 8 nitrogen and oxygen atoms in total. The van der Waals surface area contributed by atoms with Crippen LogP contribution in [0, 0.1) is 32.5 Å². The van der Waals surface area contributed by atoms with E-state index in [0.717, 1.165) is 12.8 Å². The van der Waals surface area contributed by atoms with E-state index in [4.69, 9.17) is 16.3 Å². The summed E-state index contributed by atoms with van der Waals surface area (Å²) in [6, 6.07) is 7.91. The minimum absolute atomic E-state index is 0.0463. The quantitative estimate of drug-likeness (QED) is 0.358. The summed E-state index contributed by atoms with van der Waals surface area (Å²) < 4.78 is 22.6. The summed E-state index contributed by atoms with van der Waals surface area (Å²) in [7, 11) is 0. The van der Waals surface area contributed by atoms with E-state index in [-0.39, 0.29) is 40.4 Å². The van der Waals surface area contributed by atoms with E-state index in [0.29, 0.717) is 28.1 Å². The van der Waals surface area contributed by atoms with E-state index < -0.39 is 17.0 Å². The maximum Gasteiger partial charge on any atom is 0.277 e. The molecule has 1 unspecified atom stereocenters. The third kappa shape index (κ3) is 4.99. The Labute approximate surface area is 229 Å². The summed E-state index contributed by atoms with van der Waals surface area (Å²) >= 11 is 6.42. The van der Waals surface area contributed by atoms with Gasteiger partial charge in [0, 0.05) is 42.0 Å². The van der Waals surface area contributed by atoms with E-state index in [1.165, 1.54) is 21.4 Å². The van der Waals surface area contributed by atoms with Crippen LogP contribution in [-0.4, -0.2) is 24.2 Å². The molecular formula is C29H28ClFN4O4. The first kappa shape index (κ1) is 26.8. The van der Waals surface area contributed by atoms with Gasteiger partial charge >= 0.3 is 0 Å². The molecule has 1 aliphatic rings. The molecule has 4 heterocycles. The summed E-state index contributed by atoms with van der Waals surface area (Å²) in [5, 5.41) is 10.8. The highest BCUT2D eigenvalue weighted by Crippen LogP contribution is 2.44. The van der Waals surface area contributed by atoms with E-state index in [1.54, 1.807) is 64.4 Å². The number of hydrogen-bond acceptors (Lipinski definition) is 6. The minimum Gasteiger partial charge on any atom is -0.485 e. The average molecular weight is 551 g/mol. The highest BCUT2D eigenvalue weighted by Gasteiger charge is 2.43. The number of ether oxygens (including phenoxy) is 1. The Morgan fingerprint density at radius 1 is 1.13 bits per heavy atom. The number of aliphatic hydroxyl groups is 1. The zero-order chi connectivity index (χ0) is 28.1. The molecule has 4 aromatic rings. The summed E-state index contributed by atoms with van der Waals surface area (Å²) in [6.45, 7) is 6.71. The van der Waals surface area contributed by atoms with E-state index in [2.05, 4.69) is 9.97 Å². The Balaban J connectivity index is 1.52. The predicted octanol–water partition coefficient (Wildman–Crippen LogP) is 4.69. The lowest BCUT2D eigenvalue weighted by molar-refractivity contribution is 0.0314. The van der Waals surface area contributed by atoms with Crippen molar-refractivity contribution in [3.05, 3.63) is 109 Å². The van der Waals surface area contributed by atoms with Gasteiger partial charge in [0.2, 0.25) is 0 Å². The molecule has 0 aromatic carbocycles. The first-order valence-corrected chi connectivity index (χ1v) is 12.9. The fourth-order valence-corrected chi connectivity index (χ4v) is 4.89. The smallest absolute Gasteiger partial charge is 0.277 e. The van der Waals surface area contributed by atoms with Gasteiger partial charge in [-0.25, -0.2) is 9.37 Å². The second-order valence-corrected chi connectivity index (χ2v) is 10.6. The first-order chi connectivity index (χ1) is 18.5. The van der Waals surface area contributed by atoms with Crippen molar-refractivity contribution in [2.45, 2.75) is 52.7 Å². The lowest BCUT2D eigenvalue weighted by Crippen LogP contribution is -2.34. The van der Waals surface area contributed by atoms with Gasteiger partial charge in [0.25, 0.3) is 11.1 Å². The fourth-order valence-electron chi connectivity index (χ4n) is 4.70. The molecule has 1 fully saturated rings. The standard InChI is InChI=1S/C29H28ClFN4O4/c1-16-10-21(31)22(32-13-16)15-39-24-11-18(3)35(28(37)26(24)30)23-12-25(33-14-17(23)2)34-9-5-6-20(27(34)36)29(4,38)19-7-8-19/h5-6,9-14,19,38H,7-8,15H2,1-4H3. The van der Waals surface area contributed by atoms with Crippen molar-refractivity contribution in [3.8, 4) is 17.3 Å². The van der Waals surface area contributed by atoms with E-state index in [1.807, 2.05) is 0 Å². The number of nitrogens with zero attached hydrogens (tertiary/aromatic N) is 4. The minimum atomic E-state index is -1.23. The molecule has 202 valence electrons. The zero-order valence-corrected chi connectivity index (χ0v) is 22.8. The second-order valence-electron chi connectivity index (χ2n) is 10.2. The summed E-state index contributed by atoms with van der Waals surface area (Å²) in [5.74, 6) is -0.0628. The van der Waals surface area contributed by atoms with Gasteiger partial charge in [-0.15, -0.1) is 0 Å². The molecule has 0 radical (unpaired) electrons. The lowest BCUT2D eigenvalue weighted by atomic mass is 9.92. The molecule has 1 N–H and O–H groups in total. The van der Waals surface area contributed by atoms with Crippen LogP contribution in [0.2, 0.25) is 5.02 Å². The van der Waals surface area contributed by atoms with Crippen LogP contribution in [0.3, 0.4) is 0 Å². The predicted molar refractivity (Wildman–Crippen MR) is 145 cm³/mol. The number of hydrogen-bond donors (Lipinski definition) is 1. The van der Waals surface area contributed by atoms with Crippen molar-refractivity contribution in [2.75, 3.05) is 0 Å². The second kappa shape index (κ2) is 10.1. The van der Waals surface area contributed by atoms with Crippen molar-refractivity contribution >= 4 is 11.6 Å². The molecular weight excluding hydrogens is 523 g/mol.